The topological polar surface area (TPSA) is 0 Å². The van der Waals surface area contributed by atoms with Crippen LogP contribution in [0, 0.1) is 0 Å². The standard InChI is InChI=1S/C6H10Se.Cd/c1-3-5-7-6-4-2;/h3-4H,1-2,5-6H2;. The minimum Gasteiger partial charge on any atom is 0 e. The molecule has 0 radical (unpaired) electrons. The van der Waals surface area contributed by atoms with E-state index in [1.807, 2.05) is 12.2 Å². The molecule has 0 aliphatic carbocycles. The van der Waals surface area contributed by atoms with Gasteiger partial charge in [-0.3, -0.25) is 0 Å². The van der Waals surface area contributed by atoms with E-state index in [1.54, 1.807) is 0 Å². The summed E-state index contributed by atoms with van der Waals surface area (Å²) in [6, 6.07) is 0. The van der Waals surface area contributed by atoms with E-state index in [1.165, 1.54) is 10.6 Å². The second-order valence-electron chi connectivity index (χ2n) is 1.11. The quantitative estimate of drug-likeness (QED) is 0.417. The van der Waals surface area contributed by atoms with Crippen molar-refractivity contribution in [1.29, 1.82) is 0 Å². The maximum Gasteiger partial charge on any atom is 0 e. The Hall–Kier alpha value is 0.922. The van der Waals surface area contributed by atoms with Crippen LogP contribution in [0.2, 0.25) is 10.6 Å². The van der Waals surface area contributed by atoms with Gasteiger partial charge in [0.2, 0.25) is 0 Å². The summed E-state index contributed by atoms with van der Waals surface area (Å²) in [7, 11) is 0. The zero-order valence-electron chi connectivity index (χ0n) is 5.10. The molecule has 0 bridgehead atoms. The Balaban J connectivity index is 0. The normalized spacial score (nSPS) is 7.00. The van der Waals surface area contributed by atoms with Crippen LogP contribution < -0.4 is 0 Å². The minimum atomic E-state index is 0. The Morgan fingerprint density at radius 2 is 1.50 bits per heavy atom. The summed E-state index contributed by atoms with van der Waals surface area (Å²) in [6.45, 7) is 7.23. The fraction of sp³-hybridized carbons (Fsp3) is 0.333. The molecule has 0 saturated heterocycles. The number of allylic oxidation sites excluding steroid dienone is 2. The molecule has 0 spiro atoms. The molecule has 0 aromatic heterocycles. The summed E-state index contributed by atoms with van der Waals surface area (Å²) < 4.78 is 0. The van der Waals surface area contributed by atoms with E-state index < -0.39 is 0 Å². The van der Waals surface area contributed by atoms with Crippen LogP contribution in [0.15, 0.2) is 25.3 Å². The minimum absolute atomic E-state index is 0. The molecule has 0 unspecified atom stereocenters. The molecule has 42 valence electrons. The Labute approximate surface area is 77.7 Å². The molecular weight excluding hydrogens is 263 g/mol. The van der Waals surface area contributed by atoms with Crippen molar-refractivity contribution < 1.29 is 27.3 Å². The van der Waals surface area contributed by atoms with Gasteiger partial charge in [0.15, 0.2) is 0 Å². The first kappa shape index (κ1) is 11.7. The van der Waals surface area contributed by atoms with Crippen molar-refractivity contribution >= 4 is 15.0 Å². The van der Waals surface area contributed by atoms with Gasteiger partial charge in [0.25, 0.3) is 0 Å². The fourth-order valence-corrected chi connectivity index (χ4v) is 1.22. The summed E-state index contributed by atoms with van der Waals surface area (Å²) in [5.74, 6) is 0. The second-order valence-corrected chi connectivity index (χ2v) is 3.37. The molecule has 8 heavy (non-hydrogen) atoms. The summed E-state index contributed by atoms with van der Waals surface area (Å²) in [4.78, 5) is 0. The van der Waals surface area contributed by atoms with Gasteiger partial charge in [0.05, 0.1) is 0 Å². The predicted molar refractivity (Wildman–Crippen MR) is 35.8 cm³/mol. The van der Waals surface area contributed by atoms with Crippen molar-refractivity contribution in [2.45, 2.75) is 10.6 Å². The first-order valence-electron chi connectivity index (χ1n) is 2.21. The Morgan fingerprint density at radius 1 is 1.12 bits per heavy atom. The van der Waals surface area contributed by atoms with Gasteiger partial charge in [-0.1, -0.05) is 0 Å². The Bertz CT molecular complexity index is 53.5. The monoisotopic (exact) mass is 276 g/mol. The van der Waals surface area contributed by atoms with Crippen LogP contribution in [0.25, 0.3) is 0 Å². The van der Waals surface area contributed by atoms with Crippen LogP contribution in [-0.2, 0) is 27.3 Å². The van der Waals surface area contributed by atoms with Crippen LogP contribution in [-0.4, -0.2) is 15.0 Å². The third kappa shape index (κ3) is 10.0. The van der Waals surface area contributed by atoms with E-state index >= 15 is 0 Å². The van der Waals surface area contributed by atoms with E-state index in [2.05, 4.69) is 13.2 Å². The van der Waals surface area contributed by atoms with Crippen LogP contribution in [0.5, 0.6) is 0 Å². The van der Waals surface area contributed by atoms with Crippen molar-refractivity contribution in [3.8, 4) is 0 Å². The van der Waals surface area contributed by atoms with E-state index in [0.717, 1.165) is 15.0 Å². The molecule has 0 heterocycles. The Morgan fingerprint density at radius 3 is 1.75 bits per heavy atom. The zero-order valence-corrected chi connectivity index (χ0v) is 10.8. The molecule has 2 heteroatoms. The molecule has 0 aliphatic heterocycles. The predicted octanol–water partition coefficient (Wildman–Crippen LogP) is 1.90. The molecule has 0 saturated carbocycles. The third-order valence-electron chi connectivity index (χ3n) is 0.471. The van der Waals surface area contributed by atoms with Gasteiger partial charge in [-0.2, -0.15) is 0 Å². The molecule has 0 amide bonds. The first-order chi connectivity index (χ1) is 3.41. The number of hydrogen-bond donors (Lipinski definition) is 0. The third-order valence-corrected chi connectivity index (χ3v) is 2.45. The van der Waals surface area contributed by atoms with Crippen LogP contribution in [0.3, 0.4) is 0 Å². The number of rotatable bonds is 4. The first-order valence-corrected chi connectivity index (χ1v) is 4.63. The Kier molecular flexibility index (Phi) is 15.8. The van der Waals surface area contributed by atoms with Crippen LogP contribution >= 0.6 is 0 Å². The van der Waals surface area contributed by atoms with E-state index in [4.69, 9.17) is 0 Å². The summed E-state index contributed by atoms with van der Waals surface area (Å²) in [6.07, 6.45) is 3.92. The molecule has 0 rings (SSSR count). The summed E-state index contributed by atoms with van der Waals surface area (Å²) >= 11 is 0.740. The van der Waals surface area contributed by atoms with Gasteiger partial charge >= 0.3 is 50.9 Å². The maximum absolute atomic E-state index is 3.61. The maximum atomic E-state index is 3.61. The van der Waals surface area contributed by atoms with E-state index in [9.17, 15) is 0 Å². The van der Waals surface area contributed by atoms with Crippen molar-refractivity contribution in [1.82, 2.24) is 0 Å². The van der Waals surface area contributed by atoms with Gasteiger partial charge < -0.3 is 0 Å². The molecule has 0 N–H and O–H groups in total. The summed E-state index contributed by atoms with van der Waals surface area (Å²) in [5, 5.41) is 2.36. The smallest absolute Gasteiger partial charge is 0 e. The van der Waals surface area contributed by atoms with Crippen molar-refractivity contribution in [3.63, 3.8) is 0 Å². The van der Waals surface area contributed by atoms with Crippen LogP contribution in [0.4, 0.5) is 0 Å². The molecule has 0 aromatic carbocycles. The van der Waals surface area contributed by atoms with Gasteiger partial charge in [0, 0.05) is 27.3 Å². The van der Waals surface area contributed by atoms with Crippen molar-refractivity contribution in [2.75, 3.05) is 0 Å². The SMILES string of the molecule is C=CC[Se]CC=C.[Cd]. The zero-order chi connectivity index (χ0) is 5.54. The van der Waals surface area contributed by atoms with Gasteiger partial charge in [-0.15, -0.1) is 0 Å². The van der Waals surface area contributed by atoms with Crippen molar-refractivity contribution in [3.05, 3.63) is 25.3 Å². The van der Waals surface area contributed by atoms with E-state index in [-0.39, 0.29) is 27.3 Å². The average Bonchev–Trinajstić information content (AvgIpc) is 1.69. The van der Waals surface area contributed by atoms with Crippen molar-refractivity contribution in [2.24, 2.45) is 0 Å². The molecule has 0 atom stereocenters. The molecule has 0 fully saturated rings. The number of hydrogen-bond acceptors (Lipinski definition) is 0. The van der Waals surface area contributed by atoms with Gasteiger partial charge in [-0.25, -0.2) is 0 Å². The largest absolute Gasteiger partial charge is 0 e. The average molecular weight is 274 g/mol. The van der Waals surface area contributed by atoms with E-state index in [0.29, 0.717) is 0 Å². The molecular formula is C6H10CdSe. The second kappa shape index (κ2) is 10.8. The molecule has 0 aromatic rings. The van der Waals surface area contributed by atoms with Gasteiger partial charge in [-0.05, 0) is 0 Å². The molecule has 0 aliphatic rings. The summed E-state index contributed by atoms with van der Waals surface area (Å²) in [5.41, 5.74) is 0. The van der Waals surface area contributed by atoms with Gasteiger partial charge in [0.1, 0.15) is 0 Å². The fourth-order valence-electron chi connectivity index (χ4n) is 0.235. The molecule has 0 nitrogen and oxygen atoms in total. The van der Waals surface area contributed by atoms with Crippen LogP contribution in [0.1, 0.15) is 0 Å².